The van der Waals surface area contributed by atoms with Gasteiger partial charge in [-0.25, -0.2) is 4.39 Å². The van der Waals surface area contributed by atoms with Crippen molar-refractivity contribution in [2.75, 3.05) is 7.11 Å². The van der Waals surface area contributed by atoms with Gasteiger partial charge >= 0.3 is 5.97 Å². The topological polar surface area (TPSA) is 46.5 Å². The Morgan fingerprint density at radius 2 is 2.29 bits per heavy atom. The Hall–Kier alpha value is -1.29. The molecule has 0 aliphatic heterocycles. The smallest absolute Gasteiger partial charge is 0.307 e. The molecule has 3 nitrogen and oxygen atoms in total. The number of benzene rings is 1. The van der Waals surface area contributed by atoms with E-state index >= 15 is 0 Å². The fourth-order valence-electron chi connectivity index (χ4n) is 1.06. The van der Waals surface area contributed by atoms with Gasteiger partial charge in [0.1, 0.15) is 11.6 Å². The van der Waals surface area contributed by atoms with Crippen LogP contribution in [0.4, 0.5) is 4.39 Å². The molecule has 0 heterocycles. The third kappa shape index (κ3) is 2.35. The van der Waals surface area contributed by atoms with Gasteiger partial charge in [0.15, 0.2) is 0 Å². The molecule has 0 fully saturated rings. The fourth-order valence-corrected chi connectivity index (χ4v) is 1.21. The molecule has 0 unspecified atom stereocenters. The summed E-state index contributed by atoms with van der Waals surface area (Å²) in [4.78, 5) is 10.4. The maximum Gasteiger partial charge on any atom is 0.307 e. The van der Waals surface area contributed by atoms with E-state index in [9.17, 15) is 9.18 Å². The summed E-state index contributed by atoms with van der Waals surface area (Å²) in [6, 6.07) is 2.32. The molecule has 0 amide bonds. The van der Waals surface area contributed by atoms with Crippen LogP contribution in [0.25, 0.3) is 0 Å². The normalized spacial score (nSPS) is 9.93. The van der Waals surface area contributed by atoms with Gasteiger partial charge in [-0.3, -0.25) is 4.79 Å². The Kier molecular flexibility index (Phi) is 3.30. The number of carboxylic acid groups (broad SMARTS) is 1. The van der Waals surface area contributed by atoms with Gasteiger partial charge in [0.2, 0.25) is 0 Å². The van der Waals surface area contributed by atoms with Crippen LogP contribution in [0.3, 0.4) is 0 Å². The third-order valence-electron chi connectivity index (χ3n) is 1.67. The van der Waals surface area contributed by atoms with Gasteiger partial charge in [-0.1, -0.05) is 11.6 Å². The van der Waals surface area contributed by atoms with E-state index in [-0.39, 0.29) is 22.8 Å². The van der Waals surface area contributed by atoms with Crippen molar-refractivity contribution in [1.29, 1.82) is 0 Å². The lowest BCUT2D eigenvalue weighted by atomic mass is 10.1. The van der Waals surface area contributed by atoms with Crippen LogP contribution in [0.2, 0.25) is 5.02 Å². The Balaban J connectivity index is 3.13. The lowest BCUT2D eigenvalue weighted by Crippen LogP contribution is -2.03. The highest BCUT2D eigenvalue weighted by molar-refractivity contribution is 6.30. The minimum atomic E-state index is -1.05. The van der Waals surface area contributed by atoms with Crippen molar-refractivity contribution in [3.63, 3.8) is 0 Å². The van der Waals surface area contributed by atoms with Crippen LogP contribution < -0.4 is 4.74 Å². The van der Waals surface area contributed by atoms with Gasteiger partial charge in [-0.2, -0.15) is 0 Å². The first-order valence-electron chi connectivity index (χ1n) is 3.78. The molecular weight excluding hydrogens is 211 g/mol. The predicted molar refractivity (Wildman–Crippen MR) is 49.3 cm³/mol. The maximum atomic E-state index is 13.0. The molecule has 0 saturated heterocycles. The molecule has 0 radical (unpaired) electrons. The molecule has 0 aromatic heterocycles. The summed E-state index contributed by atoms with van der Waals surface area (Å²) >= 11 is 5.50. The highest BCUT2D eigenvalue weighted by Crippen LogP contribution is 2.26. The summed E-state index contributed by atoms with van der Waals surface area (Å²) in [5, 5.41) is 8.45. The monoisotopic (exact) mass is 218 g/mol. The summed E-state index contributed by atoms with van der Waals surface area (Å²) in [6.45, 7) is 0. The van der Waals surface area contributed by atoms with Crippen molar-refractivity contribution in [3.8, 4) is 5.75 Å². The highest BCUT2D eigenvalue weighted by Gasteiger charge is 2.11. The lowest BCUT2D eigenvalue weighted by Gasteiger charge is -2.07. The van der Waals surface area contributed by atoms with E-state index in [1.807, 2.05) is 0 Å². The van der Waals surface area contributed by atoms with E-state index in [0.29, 0.717) is 0 Å². The molecule has 14 heavy (non-hydrogen) atoms. The molecule has 1 aromatic carbocycles. The molecule has 0 spiro atoms. The molecule has 0 aliphatic rings. The number of ether oxygens (including phenoxy) is 1. The second-order valence-electron chi connectivity index (χ2n) is 2.65. The zero-order valence-electron chi connectivity index (χ0n) is 7.38. The van der Waals surface area contributed by atoms with Crippen LogP contribution >= 0.6 is 11.6 Å². The summed E-state index contributed by atoms with van der Waals surface area (Å²) < 4.78 is 17.8. The number of halogens is 2. The zero-order chi connectivity index (χ0) is 10.7. The van der Waals surface area contributed by atoms with Gasteiger partial charge < -0.3 is 9.84 Å². The first-order chi connectivity index (χ1) is 6.54. The van der Waals surface area contributed by atoms with Crippen molar-refractivity contribution in [2.45, 2.75) is 6.42 Å². The number of rotatable bonds is 3. The Labute approximate surface area is 85.1 Å². The molecule has 1 rings (SSSR count). The van der Waals surface area contributed by atoms with Crippen molar-refractivity contribution < 1.29 is 19.0 Å². The highest BCUT2D eigenvalue weighted by atomic mass is 35.5. The largest absolute Gasteiger partial charge is 0.496 e. The van der Waals surface area contributed by atoms with Crippen LogP contribution in [-0.2, 0) is 11.2 Å². The van der Waals surface area contributed by atoms with E-state index in [2.05, 4.69) is 0 Å². The van der Waals surface area contributed by atoms with Gasteiger partial charge in [0.25, 0.3) is 0 Å². The Morgan fingerprint density at radius 3 is 2.79 bits per heavy atom. The standard InChI is InChI=1S/C9H8ClFO3/c1-14-8-4-6(10)7(11)2-5(8)3-9(12)13/h2,4H,3H2,1H3,(H,12,13). The fraction of sp³-hybridized carbons (Fsp3) is 0.222. The van der Waals surface area contributed by atoms with E-state index in [1.54, 1.807) is 0 Å². The Morgan fingerprint density at radius 1 is 1.64 bits per heavy atom. The van der Waals surface area contributed by atoms with Gasteiger partial charge in [-0.05, 0) is 6.07 Å². The van der Waals surface area contributed by atoms with Crippen LogP contribution in [0, 0.1) is 5.82 Å². The van der Waals surface area contributed by atoms with Crippen molar-refractivity contribution >= 4 is 17.6 Å². The third-order valence-corrected chi connectivity index (χ3v) is 1.95. The minimum absolute atomic E-state index is 0.0870. The second kappa shape index (κ2) is 4.28. The second-order valence-corrected chi connectivity index (χ2v) is 3.06. The van der Waals surface area contributed by atoms with E-state index in [0.717, 1.165) is 6.07 Å². The average Bonchev–Trinajstić information content (AvgIpc) is 2.10. The van der Waals surface area contributed by atoms with Gasteiger partial charge in [0, 0.05) is 11.6 Å². The summed E-state index contributed by atoms with van der Waals surface area (Å²) in [5.41, 5.74) is 0.266. The SMILES string of the molecule is COc1cc(Cl)c(F)cc1CC(=O)O. The number of methoxy groups -OCH3 is 1. The molecule has 1 aromatic rings. The first kappa shape index (κ1) is 10.8. The summed E-state index contributed by atoms with van der Waals surface area (Å²) in [5.74, 6) is -1.42. The minimum Gasteiger partial charge on any atom is -0.496 e. The number of aliphatic carboxylic acids is 1. The van der Waals surface area contributed by atoms with Crippen molar-refractivity contribution in [3.05, 3.63) is 28.5 Å². The van der Waals surface area contributed by atoms with Crippen LogP contribution in [-0.4, -0.2) is 18.2 Å². The van der Waals surface area contributed by atoms with E-state index in [4.69, 9.17) is 21.4 Å². The number of hydrogen-bond donors (Lipinski definition) is 1. The van der Waals surface area contributed by atoms with E-state index in [1.165, 1.54) is 13.2 Å². The van der Waals surface area contributed by atoms with E-state index < -0.39 is 11.8 Å². The number of hydrogen-bond acceptors (Lipinski definition) is 2. The molecule has 1 N–H and O–H groups in total. The van der Waals surface area contributed by atoms with Crippen molar-refractivity contribution in [2.24, 2.45) is 0 Å². The summed E-state index contributed by atoms with van der Waals surface area (Å²) in [6.07, 6.45) is -0.294. The number of carbonyl (C=O) groups is 1. The predicted octanol–water partition coefficient (Wildman–Crippen LogP) is 2.11. The first-order valence-corrected chi connectivity index (χ1v) is 4.16. The number of carboxylic acids is 1. The lowest BCUT2D eigenvalue weighted by molar-refractivity contribution is -0.136. The zero-order valence-corrected chi connectivity index (χ0v) is 8.14. The molecule has 0 bridgehead atoms. The molecular formula is C9H8ClFO3. The van der Waals surface area contributed by atoms with Crippen LogP contribution in [0.5, 0.6) is 5.75 Å². The maximum absolute atomic E-state index is 13.0. The van der Waals surface area contributed by atoms with Gasteiger partial charge in [-0.15, -0.1) is 0 Å². The van der Waals surface area contributed by atoms with Crippen LogP contribution in [0.15, 0.2) is 12.1 Å². The molecule has 5 heteroatoms. The Bertz CT molecular complexity index is 365. The quantitative estimate of drug-likeness (QED) is 0.845. The van der Waals surface area contributed by atoms with Crippen LogP contribution in [0.1, 0.15) is 5.56 Å². The molecule has 0 saturated carbocycles. The molecule has 0 atom stereocenters. The molecule has 76 valence electrons. The average molecular weight is 219 g/mol. The van der Waals surface area contributed by atoms with Gasteiger partial charge in [0.05, 0.1) is 18.6 Å². The molecule has 0 aliphatic carbocycles. The summed E-state index contributed by atoms with van der Waals surface area (Å²) in [7, 11) is 1.37. The van der Waals surface area contributed by atoms with Crippen molar-refractivity contribution in [1.82, 2.24) is 0 Å².